The first-order chi connectivity index (χ1) is 8.74. The van der Waals surface area contributed by atoms with Gasteiger partial charge in [0, 0.05) is 0 Å². The average molecular weight is 278 g/mol. The fraction of sp³-hybridized carbons (Fsp3) is 0.545. The van der Waals surface area contributed by atoms with Gasteiger partial charge in [-0.1, -0.05) is 6.92 Å². The van der Waals surface area contributed by atoms with Gasteiger partial charge in [-0.3, -0.25) is 0 Å². The highest BCUT2D eigenvalue weighted by molar-refractivity contribution is 5.50. The number of alkyl halides is 3. The lowest BCUT2D eigenvalue weighted by Crippen LogP contribution is -2.38. The molecule has 0 aliphatic carbocycles. The number of nitrogens with zero attached hydrogens (tertiary/aromatic N) is 1. The van der Waals surface area contributed by atoms with Crippen LogP contribution in [-0.4, -0.2) is 22.2 Å². The number of pyridine rings is 1. The van der Waals surface area contributed by atoms with Gasteiger partial charge in [-0.25, -0.2) is 10.8 Å². The number of anilines is 2. The SMILES string of the molecule is CCC(C)(CO)Nc1cc(C(F)(F)F)cc(NN)n1. The summed E-state index contributed by atoms with van der Waals surface area (Å²) in [6, 6.07) is 1.69. The maximum atomic E-state index is 12.7. The van der Waals surface area contributed by atoms with Gasteiger partial charge in [0.05, 0.1) is 17.7 Å². The van der Waals surface area contributed by atoms with E-state index in [0.29, 0.717) is 6.42 Å². The van der Waals surface area contributed by atoms with E-state index in [1.165, 1.54) is 0 Å². The number of aromatic nitrogens is 1. The van der Waals surface area contributed by atoms with Crippen LogP contribution in [0.3, 0.4) is 0 Å². The van der Waals surface area contributed by atoms with Crippen LogP contribution in [0.15, 0.2) is 12.1 Å². The predicted molar refractivity (Wildman–Crippen MR) is 66.5 cm³/mol. The van der Waals surface area contributed by atoms with E-state index in [0.717, 1.165) is 12.1 Å². The fourth-order valence-electron chi connectivity index (χ4n) is 1.38. The molecular weight excluding hydrogens is 261 g/mol. The summed E-state index contributed by atoms with van der Waals surface area (Å²) in [7, 11) is 0. The highest BCUT2D eigenvalue weighted by atomic mass is 19.4. The highest BCUT2D eigenvalue weighted by Crippen LogP contribution is 2.32. The van der Waals surface area contributed by atoms with Crippen LogP contribution >= 0.6 is 0 Å². The van der Waals surface area contributed by atoms with Crippen molar-refractivity contribution in [3.63, 3.8) is 0 Å². The summed E-state index contributed by atoms with van der Waals surface area (Å²) in [6.07, 6.45) is -3.97. The van der Waals surface area contributed by atoms with E-state index in [9.17, 15) is 18.3 Å². The minimum Gasteiger partial charge on any atom is -0.394 e. The van der Waals surface area contributed by atoms with Crippen LogP contribution in [0.4, 0.5) is 24.8 Å². The Bertz CT molecular complexity index is 432. The first kappa shape index (κ1) is 15.5. The first-order valence-corrected chi connectivity index (χ1v) is 5.69. The molecule has 19 heavy (non-hydrogen) atoms. The molecule has 108 valence electrons. The number of nitrogens with one attached hydrogen (secondary N) is 2. The van der Waals surface area contributed by atoms with E-state index in [-0.39, 0.29) is 18.2 Å². The summed E-state index contributed by atoms with van der Waals surface area (Å²) in [5, 5.41) is 12.0. The van der Waals surface area contributed by atoms with Gasteiger partial charge in [-0.05, 0) is 25.5 Å². The molecule has 0 aliphatic rings. The van der Waals surface area contributed by atoms with E-state index in [4.69, 9.17) is 5.84 Å². The number of hydrogen-bond donors (Lipinski definition) is 4. The lowest BCUT2D eigenvalue weighted by atomic mass is 10.0. The first-order valence-electron chi connectivity index (χ1n) is 5.69. The molecule has 0 aliphatic heterocycles. The minimum absolute atomic E-state index is 0.00109. The zero-order valence-corrected chi connectivity index (χ0v) is 10.7. The molecule has 1 unspecified atom stereocenters. The van der Waals surface area contributed by atoms with E-state index < -0.39 is 17.3 Å². The van der Waals surface area contributed by atoms with Crippen molar-refractivity contribution in [1.29, 1.82) is 0 Å². The Morgan fingerprint density at radius 3 is 2.32 bits per heavy atom. The van der Waals surface area contributed by atoms with Gasteiger partial charge in [-0.15, -0.1) is 0 Å². The van der Waals surface area contributed by atoms with Crippen LogP contribution in [0, 0.1) is 0 Å². The molecular formula is C11H17F3N4O. The van der Waals surface area contributed by atoms with Gasteiger partial charge in [0.15, 0.2) is 0 Å². The number of hydrazine groups is 1. The van der Waals surface area contributed by atoms with Crippen molar-refractivity contribution in [3.8, 4) is 0 Å². The van der Waals surface area contributed by atoms with Crippen LogP contribution in [-0.2, 0) is 6.18 Å². The molecule has 5 N–H and O–H groups in total. The van der Waals surface area contributed by atoms with Crippen LogP contribution in [0.2, 0.25) is 0 Å². The van der Waals surface area contributed by atoms with Crippen LogP contribution in [0.5, 0.6) is 0 Å². The molecule has 0 saturated heterocycles. The Labute approximate surface area is 109 Å². The summed E-state index contributed by atoms with van der Waals surface area (Å²) in [4.78, 5) is 3.89. The third-order valence-electron chi connectivity index (χ3n) is 2.86. The van der Waals surface area contributed by atoms with Crippen molar-refractivity contribution in [1.82, 2.24) is 4.98 Å². The third kappa shape index (κ3) is 3.97. The molecule has 1 heterocycles. The van der Waals surface area contributed by atoms with Gasteiger partial charge < -0.3 is 15.8 Å². The quantitative estimate of drug-likeness (QED) is 0.489. The van der Waals surface area contributed by atoms with E-state index >= 15 is 0 Å². The van der Waals surface area contributed by atoms with Crippen LogP contribution in [0.1, 0.15) is 25.8 Å². The van der Waals surface area contributed by atoms with E-state index in [1.807, 2.05) is 0 Å². The molecule has 1 aromatic heterocycles. The van der Waals surface area contributed by atoms with Crippen molar-refractivity contribution >= 4 is 11.6 Å². The maximum absolute atomic E-state index is 12.7. The molecule has 1 rings (SSSR count). The molecule has 0 radical (unpaired) electrons. The standard InChI is InChI=1S/C11H17F3N4O/c1-3-10(2,6-19)17-8-4-7(11(12,13)14)5-9(16-8)18-15/h4-5,19H,3,6,15H2,1-2H3,(H2,16,17,18). The number of nitrogens with two attached hydrogens (primary N) is 1. The normalized spacial score (nSPS) is 14.9. The summed E-state index contributed by atoms with van der Waals surface area (Å²) in [5.74, 6) is 5.00. The molecule has 0 aromatic carbocycles. The number of hydrogen-bond acceptors (Lipinski definition) is 5. The van der Waals surface area contributed by atoms with Crippen molar-refractivity contribution in [2.24, 2.45) is 5.84 Å². The molecule has 0 fully saturated rings. The molecule has 0 bridgehead atoms. The van der Waals surface area contributed by atoms with Gasteiger partial charge >= 0.3 is 6.18 Å². The zero-order chi connectivity index (χ0) is 14.7. The number of aliphatic hydroxyl groups excluding tert-OH is 1. The lowest BCUT2D eigenvalue weighted by molar-refractivity contribution is -0.137. The molecule has 0 saturated carbocycles. The lowest BCUT2D eigenvalue weighted by Gasteiger charge is -2.28. The van der Waals surface area contributed by atoms with Gasteiger partial charge in [0.1, 0.15) is 11.6 Å². The highest BCUT2D eigenvalue weighted by Gasteiger charge is 2.32. The summed E-state index contributed by atoms with van der Waals surface area (Å²) in [5.41, 5.74) is 0.475. The van der Waals surface area contributed by atoms with Crippen molar-refractivity contribution in [2.75, 3.05) is 17.3 Å². The molecule has 0 amide bonds. The molecule has 1 atom stereocenters. The Morgan fingerprint density at radius 2 is 1.89 bits per heavy atom. The summed E-state index contributed by atoms with van der Waals surface area (Å²) < 4.78 is 38.1. The van der Waals surface area contributed by atoms with Gasteiger partial charge in [-0.2, -0.15) is 13.2 Å². The minimum atomic E-state index is -4.49. The topological polar surface area (TPSA) is 83.2 Å². The Morgan fingerprint density at radius 1 is 1.32 bits per heavy atom. The van der Waals surface area contributed by atoms with Crippen molar-refractivity contribution in [3.05, 3.63) is 17.7 Å². The second kappa shape index (κ2) is 5.62. The smallest absolute Gasteiger partial charge is 0.394 e. The number of halogens is 3. The average Bonchev–Trinajstić information content (AvgIpc) is 2.37. The summed E-state index contributed by atoms with van der Waals surface area (Å²) in [6.45, 7) is 3.26. The van der Waals surface area contributed by atoms with Gasteiger partial charge in [0.25, 0.3) is 0 Å². The second-order valence-electron chi connectivity index (χ2n) is 4.47. The van der Waals surface area contributed by atoms with Crippen LogP contribution < -0.4 is 16.6 Å². The third-order valence-corrected chi connectivity index (χ3v) is 2.86. The van der Waals surface area contributed by atoms with Crippen molar-refractivity contribution in [2.45, 2.75) is 32.0 Å². The molecule has 0 spiro atoms. The summed E-state index contributed by atoms with van der Waals surface area (Å²) >= 11 is 0. The predicted octanol–water partition coefficient (Wildman–Crippen LogP) is 1.96. The number of nitrogen functional groups attached to an aromatic ring is 1. The largest absolute Gasteiger partial charge is 0.416 e. The van der Waals surface area contributed by atoms with Gasteiger partial charge in [0.2, 0.25) is 0 Å². The maximum Gasteiger partial charge on any atom is 0.416 e. The fourth-order valence-corrected chi connectivity index (χ4v) is 1.38. The molecule has 8 heteroatoms. The second-order valence-corrected chi connectivity index (χ2v) is 4.47. The monoisotopic (exact) mass is 278 g/mol. The molecule has 1 aromatic rings. The zero-order valence-electron chi connectivity index (χ0n) is 10.7. The Hall–Kier alpha value is -1.54. The van der Waals surface area contributed by atoms with Crippen LogP contribution in [0.25, 0.3) is 0 Å². The van der Waals surface area contributed by atoms with E-state index in [1.54, 1.807) is 13.8 Å². The van der Waals surface area contributed by atoms with E-state index in [2.05, 4.69) is 15.7 Å². The Kier molecular flexibility index (Phi) is 4.59. The Balaban J connectivity index is 3.14. The van der Waals surface area contributed by atoms with Crippen molar-refractivity contribution < 1.29 is 18.3 Å². The molecule has 5 nitrogen and oxygen atoms in total. The number of rotatable bonds is 5. The number of aliphatic hydroxyl groups is 1.